The largest absolute Gasteiger partial charge is 0.323 e. The molecular weight excluding hydrogens is 444 g/mol. The van der Waals surface area contributed by atoms with Crippen LogP contribution >= 0.6 is 11.3 Å². The number of pyridine rings is 1. The van der Waals surface area contributed by atoms with Crippen molar-refractivity contribution in [3.8, 4) is 10.4 Å². The van der Waals surface area contributed by atoms with Crippen molar-refractivity contribution in [3.05, 3.63) is 91.3 Å². The summed E-state index contributed by atoms with van der Waals surface area (Å²) in [5, 5.41) is 5.46. The summed E-state index contributed by atoms with van der Waals surface area (Å²) >= 11 is 1.21. The van der Waals surface area contributed by atoms with E-state index in [2.05, 4.69) is 15.6 Å². The van der Waals surface area contributed by atoms with Gasteiger partial charge in [0.05, 0.1) is 5.69 Å². The third-order valence-electron chi connectivity index (χ3n) is 4.68. The maximum absolute atomic E-state index is 13.1. The van der Waals surface area contributed by atoms with E-state index < -0.39 is 10.0 Å². The van der Waals surface area contributed by atoms with Gasteiger partial charge >= 0.3 is 6.03 Å². The summed E-state index contributed by atoms with van der Waals surface area (Å²) in [4.78, 5) is 17.0. The number of thiophene rings is 1. The van der Waals surface area contributed by atoms with Crippen LogP contribution in [0.15, 0.2) is 95.5 Å². The molecule has 32 heavy (non-hydrogen) atoms. The van der Waals surface area contributed by atoms with Crippen molar-refractivity contribution in [1.29, 1.82) is 0 Å². The molecule has 0 aliphatic rings. The van der Waals surface area contributed by atoms with Crippen molar-refractivity contribution >= 4 is 44.5 Å². The molecule has 2 amide bonds. The van der Waals surface area contributed by atoms with Crippen molar-refractivity contribution in [1.82, 2.24) is 4.98 Å². The normalized spacial score (nSPS) is 11.0. The Morgan fingerprint density at radius 1 is 0.844 bits per heavy atom. The van der Waals surface area contributed by atoms with E-state index >= 15 is 0 Å². The molecule has 0 aliphatic carbocycles. The van der Waals surface area contributed by atoms with Crippen molar-refractivity contribution in [2.75, 3.05) is 22.0 Å². The second-order valence-corrected chi connectivity index (χ2v) is 10.1. The second kappa shape index (κ2) is 9.21. The van der Waals surface area contributed by atoms with Gasteiger partial charge in [0.15, 0.2) is 0 Å². The molecule has 0 saturated heterocycles. The van der Waals surface area contributed by atoms with E-state index in [1.54, 1.807) is 60.9 Å². The molecule has 9 heteroatoms. The number of benzene rings is 2. The summed E-state index contributed by atoms with van der Waals surface area (Å²) in [5.41, 5.74) is 2.62. The lowest BCUT2D eigenvalue weighted by molar-refractivity contribution is 0.262. The Morgan fingerprint density at radius 3 is 2.12 bits per heavy atom. The highest BCUT2D eigenvalue weighted by molar-refractivity contribution is 7.94. The fraction of sp³-hybridized carbons (Fsp3) is 0.0435. The van der Waals surface area contributed by atoms with Gasteiger partial charge in [0.25, 0.3) is 10.0 Å². The molecule has 0 fully saturated rings. The minimum Gasteiger partial charge on any atom is -0.308 e. The lowest BCUT2D eigenvalue weighted by Gasteiger charge is -2.19. The number of carbonyl (C=O) groups is 1. The molecule has 0 bridgehead atoms. The highest BCUT2D eigenvalue weighted by atomic mass is 32.2. The second-order valence-electron chi connectivity index (χ2n) is 6.82. The standard InChI is InChI=1S/C23H20N4O3S2/c1-27(32(29,30)22-12-11-21(31-22)17-13-15-24-16-14-17)20-9-7-19(8-10-20)26-23(28)25-18-5-3-2-4-6-18/h2-16H,1H3,(H2,25,26,28). The smallest absolute Gasteiger partial charge is 0.308 e. The minimum absolute atomic E-state index is 0.247. The third kappa shape index (κ3) is 4.79. The molecule has 2 aromatic heterocycles. The average Bonchev–Trinajstić information content (AvgIpc) is 3.32. The van der Waals surface area contributed by atoms with Crippen LogP contribution in [0, 0.1) is 0 Å². The summed E-state index contributed by atoms with van der Waals surface area (Å²) in [5.74, 6) is 0. The molecule has 2 aromatic carbocycles. The van der Waals surface area contributed by atoms with E-state index in [0.29, 0.717) is 17.1 Å². The average molecular weight is 465 g/mol. The summed E-state index contributed by atoms with van der Waals surface area (Å²) in [6.07, 6.45) is 3.34. The van der Waals surface area contributed by atoms with E-state index in [1.165, 1.54) is 22.7 Å². The maximum atomic E-state index is 13.1. The van der Waals surface area contributed by atoms with Crippen LogP contribution in [0.4, 0.5) is 21.9 Å². The Morgan fingerprint density at radius 2 is 1.47 bits per heavy atom. The lowest BCUT2D eigenvalue weighted by Crippen LogP contribution is -2.25. The minimum atomic E-state index is -3.72. The van der Waals surface area contributed by atoms with Crippen LogP contribution in [0.3, 0.4) is 0 Å². The van der Waals surface area contributed by atoms with Crippen LogP contribution in [0.25, 0.3) is 10.4 Å². The summed E-state index contributed by atoms with van der Waals surface area (Å²) in [6.45, 7) is 0. The zero-order chi connectivity index (χ0) is 22.6. The van der Waals surface area contributed by atoms with Crippen LogP contribution in [-0.4, -0.2) is 26.5 Å². The number of para-hydroxylation sites is 1. The van der Waals surface area contributed by atoms with Gasteiger partial charge in [-0.1, -0.05) is 18.2 Å². The highest BCUT2D eigenvalue weighted by Crippen LogP contribution is 2.33. The van der Waals surface area contributed by atoms with E-state index in [-0.39, 0.29) is 10.2 Å². The number of amides is 2. The van der Waals surface area contributed by atoms with Gasteiger partial charge in [0, 0.05) is 35.7 Å². The number of aromatic nitrogens is 1. The molecule has 162 valence electrons. The molecule has 0 spiro atoms. The van der Waals surface area contributed by atoms with Crippen molar-refractivity contribution < 1.29 is 13.2 Å². The number of nitrogens with one attached hydrogen (secondary N) is 2. The van der Waals surface area contributed by atoms with Gasteiger partial charge in [-0.3, -0.25) is 9.29 Å². The van der Waals surface area contributed by atoms with Gasteiger partial charge < -0.3 is 10.6 Å². The van der Waals surface area contributed by atoms with Gasteiger partial charge in [-0.2, -0.15) is 0 Å². The molecule has 0 aliphatic heterocycles. The van der Waals surface area contributed by atoms with Crippen molar-refractivity contribution in [2.24, 2.45) is 0 Å². The monoisotopic (exact) mass is 464 g/mol. The molecule has 0 saturated carbocycles. The number of hydrogen-bond acceptors (Lipinski definition) is 5. The molecule has 7 nitrogen and oxygen atoms in total. The Bertz CT molecular complexity index is 1310. The van der Waals surface area contributed by atoms with Crippen molar-refractivity contribution in [2.45, 2.75) is 4.21 Å². The zero-order valence-corrected chi connectivity index (χ0v) is 18.7. The number of anilines is 3. The fourth-order valence-electron chi connectivity index (χ4n) is 2.97. The maximum Gasteiger partial charge on any atom is 0.323 e. The first-order valence-electron chi connectivity index (χ1n) is 9.66. The highest BCUT2D eigenvalue weighted by Gasteiger charge is 2.23. The molecule has 0 unspecified atom stereocenters. The number of urea groups is 1. The predicted octanol–water partition coefficient (Wildman–Crippen LogP) is 5.28. The molecule has 2 N–H and O–H groups in total. The predicted molar refractivity (Wildman–Crippen MR) is 129 cm³/mol. The van der Waals surface area contributed by atoms with Crippen LogP contribution < -0.4 is 14.9 Å². The molecule has 2 heterocycles. The van der Waals surface area contributed by atoms with Crippen LogP contribution in [-0.2, 0) is 10.0 Å². The lowest BCUT2D eigenvalue weighted by atomic mass is 10.2. The number of hydrogen-bond donors (Lipinski definition) is 2. The Kier molecular flexibility index (Phi) is 6.20. The van der Waals surface area contributed by atoms with E-state index in [0.717, 1.165) is 10.4 Å². The topological polar surface area (TPSA) is 91.4 Å². The Labute approximate surface area is 190 Å². The number of sulfonamides is 1. The van der Waals surface area contributed by atoms with Crippen LogP contribution in [0.1, 0.15) is 0 Å². The first-order valence-corrected chi connectivity index (χ1v) is 11.9. The Hall–Kier alpha value is -3.69. The Balaban J connectivity index is 1.45. The third-order valence-corrected chi connectivity index (χ3v) is 8.07. The first kappa shape index (κ1) is 21.5. The van der Waals surface area contributed by atoms with E-state index in [4.69, 9.17) is 0 Å². The quantitative estimate of drug-likeness (QED) is 0.406. The van der Waals surface area contributed by atoms with Crippen molar-refractivity contribution in [3.63, 3.8) is 0 Å². The summed E-state index contributed by atoms with van der Waals surface area (Å²) in [7, 11) is -2.21. The molecular formula is C23H20N4O3S2. The number of nitrogens with zero attached hydrogens (tertiary/aromatic N) is 2. The number of carbonyl (C=O) groups excluding carboxylic acids is 1. The van der Waals surface area contributed by atoms with Gasteiger partial charge in [-0.05, 0) is 66.2 Å². The van der Waals surface area contributed by atoms with E-state index in [1.807, 2.05) is 30.3 Å². The molecule has 4 aromatic rings. The zero-order valence-electron chi connectivity index (χ0n) is 17.1. The van der Waals surface area contributed by atoms with Gasteiger partial charge in [-0.15, -0.1) is 11.3 Å². The SMILES string of the molecule is CN(c1ccc(NC(=O)Nc2ccccc2)cc1)S(=O)(=O)c1ccc(-c2ccncc2)s1. The van der Waals surface area contributed by atoms with Crippen LogP contribution in [0.2, 0.25) is 0 Å². The molecule has 4 rings (SSSR count). The first-order chi connectivity index (χ1) is 15.4. The van der Waals surface area contributed by atoms with Gasteiger partial charge in [0.1, 0.15) is 4.21 Å². The van der Waals surface area contributed by atoms with Crippen LogP contribution in [0.5, 0.6) is 0 Å². The summed E-state index contributed by atoms with van der Waals surface area (Å²) < 4.78 is 27.6. The van der Waals surface area contributed by atoms with E-state index in [9.17, 15) is 13.2 Å². The van der Waals surface area contributed by atoms with Gasteiger partial charge in [0.2, 0.25) is 0 Å². The summed E-state index contributed by atoms with van der Waals surface area (Å²) in [6, 6.07) is 22.4. The molecule has 0 atom stereocenters. The fourth-order valence-corrected chi connectivity index (χ4v) is 5.65. The molecule has 0 radical (unpaired) electrons. The van der Waals surface area contributed by atoms with Gasteiger partial charge in [-0.25, -0.2) is 13.2 Å². The number of rotatable bonds is 6.